The quantitative estimate of drug-likeness (QED) is 0.201. The smallest absolute Gasteiger partial charge is 0.303 e. The largest absolute Gasteiger partial charge is 0.481 e. The van der Waals surface area contributed by atoms with Crippen molar-refractivity contribution in [1.82, 2.24) is 9.88 Å². The second-order valence-electron chi connectivity index (χ2n) is 8.86. The van der Waals surface area contributed by atoms with Crippen molar-refractivity contribution in [2.45, 2.75) is 44.8 Å². The molecular weight excluding hydrogens is 466 g/mol. The van der Waals surface area contributed by atoms with Gasteiger partial charge >= 0.3 is 5.97 Å². The summed E-state index contributed by atoms with van der Waals surface area (Å²) in [6, 6.07) is 11.6. The molecule has 2 aromatic rings. The highest BCUT2D eigenvalue weighted by atomic mass is 16.4. The molecule has 3 rings (SSSR count). The predicted octanol–water partition coefficient (Wildman–Crippen LogP) is 5.47. The minimum atomic E-state index is -0.780. The molecule has 1 aliphatic heterocycles. The summed E-state index contributed by atoms with van der Waals surface area (Å²) in [5.74, 6) is 0.176. The molecule has 1 fully saturated rings. The van der Waals surface area contributed by atoms with Gasteiger partial charge in [0, 0.05) is 51.2 Å². The first-order valence-electron chi connectivity index (χ1n) is 12.8. The summed E-state index contributed by atoms with van der Waals surface area (Å²) >= 11 is 0. The highest BCUT2D eigenvalue weighted by Crippen LogP contribution is 2.32. The summed E-state index contributed by atoms with van der Waals surface area (Å²) in [6.45, 7) is 6.74. The molecule has 0 amide bonds. The monoisotopic (exact) mass is 503 g/mol. The minimum absolute atomic E-state index is 0.164. The van der Waals surface area contributed by atoms with Crippen molar-refractivity contribution in [3.8, 4) is 0 Å². The van der Waals surface area contributed by atoms with E-state index in [9.17, 15) is 9.90 Å². The standard InChI is InChI=1S/C29H37N5O3/c1-2-3-4-5-9-16-30-25-15-14-24(23-26(25)31-17-10-6-7-13-28(35)36)29(37)34-21-19-33(20-22-34)27-12-8-11-18-32-27/h2,5,8-9,11-12,14-18,23,29,37H,1,3-4,6-7,10,13,19-22H2,(H,35,36)/b9-5+,30-16?,31-17?. The third-order valence-corrected chi connectivity index (χ3v) is 6.11. The fourth-order valence-electron chi connectivity index (χ4n) is 4.03. The highest BCUT2D eigenvalue weighted by Gasteiger charge is 2.24. The van der Waals surface area contributed by atoms with Crippen molar-refractivity contribution < 1.29 is 15.0 Å². The molecule has 1 aliphatic rings. The number of allylic oxidation sites excluding steroid dienone is 3. The first kappa shape index (κ1) is 28.0. The number of rotatable bonds is 14. The number of carboxylic acids is 1. The Labute approximate surface area is 219 Å². The molecule has 1 saturated heterocycles. The SMILES string of the molecule is C=CCC/C=C/C=Nc1ccc(C(O)N2CCN(c3ccccn3)CC2)cc1N=CCCCCC(=O)O. The third kappa shape index (κ3) is 9.40. The maximum atomic E-state index is 11.1. The van der Waals surface area contributed by atoms with Gasteiger partial charge in [-0.3, -0.25) is 19.7 Å². The fourth-order valence-corrected chi connectivity index (χ4v) is 4.03. The van der Waals surface area contributed by atoms with Crippen LogP contribution in [0.1, 0.15) is 50.3 Å². The number of unbranched alkanes of at least 4 members (excludes halogenated alkanes) is 3. The maximum Gasteiger partial charge on any atom is 0.303 e. The van der Waals surface area contributed by atoms with Crippen molar-refractivity contribution in [3.05, 3.63) is 73.0 Å². The molecule has 0 bridgehead atoms. The van der Waals surface area contributed by atoms with Gasteiger partial charge in [-0.25, -0.2) is 4.98 Å². The molecule has 8 heteroatoms. The van der Waals surface area contributed by atoms with Gasteiger partial charge in [-0.05, 0) is 68.0 Å². The van der Waals surface area contributed by atoms with E-state index in [1.165, 1.54) is 0 Å². The molecule has 0 saturated carbocycles. The number of aliphatic hydroxyl groups is 1. The Balaban J connectivity index is 1.67. The van der Waals surface area contributed by atoms with Crippen LogP contribution in [0.4, 0.5) is 17.2 Å². The molecule has 0 radical (unpaired) electrons. The first-order valence-corrected chi connectivity index (χ1v) is 12.8. The van der Waals surface area contributed by atoms with E-state index < -0.39 is 12.2 Å². The first-order chi connectivity index (χ1) is 18.1. The number of aliphatic carboxylic acids is 1. The van der Waals surface area contributed by atoms with E-state index in [-0.39, 0.29) is 6.42 Å². The summed E-state index contributed by atoms with van der Waals surface area (Å²) in [7, 11) is 0. The van der Waals surface area contributed by atoms with Gasteiger partial charge in [0.2, 0.25) is 0 Å². The van der Waals surface area contributed by atoms with E-state index in [1.807, 2.05) is 54.6 Å². The van der Waals surface area contributed by atoms with Crippen LogP contribution in [-0.4, -0.2) is 64.7 Å². The lowest BCUT2D eigenvalue weighted by Gasteiger charge is -2.37. The Kier molecular flexibility index (Phi) is 11.7. The maximum absolute atomic E-state index is 11.1. The molecule has 1 aromatic carbocycles. The molecule has 196 valence electrons. The van der Waals surface area contributed by atoms with Crippen LogP contribution in [0, 0.1) is 0 Å². The van der Waals surface area contributed by atoms with Crippen molar-refractivity contribution in [2.24, 2.45) is 9.98 Å². The summed E-state index contributed by atoms with van der Waals surface area (Å²) in [5, 5.41) is 19.9. The molecule has 1 atom stereocenters. The molecule has 8 nitrogen and oxygen atoms in total. The number of hydrogen-bond donors (Lipinski definition) is 2. The molecule has 2 N–H and O–H groups in total. The summed E-state index contributed by atoms with van der Waals surface area (Å²) in [4.78, 5) is 28.6. The predicted molar refractivity (Wildman–Crippen MR) is 150 cm³/mol. The number of anilines is 1. The number of carboxylic acid groups (broad SMARTS) is 1. The molecule has 37 heavy (non-hydrogen) atoms. The summed E-state index contributed by atoms with van der Waals surface area (Å²) < 4.78 is 0. The Morgan fingerprint density at radius 2 is 1.89 bits per heavy atom. The molecule has 1 aromatic heterocycles. The third-order valence-electron chi connectivity index (χ3n) is 6.11. The summed E-state index contributed by atoms with van der Waals surface area (Å²) in [6.07, 6.45) is 14.5. The van der Waals surface area contributed by atoms with Gasteiger partial charge in [0.05, 0.1) is 11.4 Å². The van der Waals surface area contributed by atoms with Crippen LogP contribution in [0.5, 0.6) is 0 Å². The lowest BCUT2D eigenvalue weighted by atomic mass is 10.1. The van der Waals surface area contributed by atoms with E-state index in [4.69, 9.17) is 5.11 Å². The van der Waals surface area contributed by atoms with Gasteiger partial charge < -0.3 is 15.1 Å². The number of aromatic nitrogens is 1. The minimum Gasteiger partial charge on any atom is -0.481 e. The van der Waals surface area contributed by atoms with Gasteiger partial charge in [-0.1, -0.05) is 24.3 Å². The molecule has 1 unspecified atom stereocenters. The van der Waals surface area contributed by atoms with E-state index in [0.29, 0.717) is 24.2 Å². The van der Waals surface area contributed by atoms with Gasteiger partial charge in [0.15, 0.2) is 0 Å². The van der Waals surface area contributed by atoms with Gasteiger partial charge in [-0.2, -0.15) is 0 Å². The van der Waals surface area contributed by atoms with E-state index in [1.54, 1.807) is 18.6 Å². The van der Waals surface area contributed by atoms with Crippen molar-refractivity contribution in [1.29, 1.82) is 0 Å². The molecule has 2 heterocycles. The second kappa shape index (κ2) is 15.5. The number of aliphatic imine (C=N–C) groups is 2. The normalized spacial score (nSPS) is 15.6. The van der Waals surface area contributed by atoms with Crippen LogP contribution in [0.2, 0.25) is 0 Å². The van der Waals surface area contributed by atoms with Crippen molar-refractivity contribution in [3.63, 3.8) is 0 Å². The number of nitrogens with zero attached hydrogens (tertiary/aromatic N) is 5. The van der Waals surface area contributed by atoms with Gasteiger partial charge in [0.25, 0.3) is 0 Å². The van der Waals surface area contributed by atoms with Crippen LogP contribution in [-0.2, 0) is 4.79 Å². The van der Waals surface area contributed by atoms with Gasteiger partial charge in [-0.15, -0.1) is 6.58 Å². The number of piperazine rings is 1. The van der Waals surface area contributed by atoms with E-state index in [0.717, 1.165) is 56.8 Å². The number of hydrogen-bond acceptors (Lipinski definition) is 7. The zero-order chi connectivity index (χ0) is 26.3. The van der Waals surface area contributed by atoms with Crippen molar-refractivity contribution in [2.75, 3.05) is 31.1 Å². The number of pyridine rings is 1. The van der Waals surface area contributed by atoms with Crippen LogP contribution >= 0.6 is 0 Å². The van der Waals surface area contributed by atoms with Gasteiger partial charge in [0.1, 0.15) is 12.0 Å². The zero-order valence-electron chi connectivity index (χ0n) is 21.3. The lowest BCUT2D eigenvalue weighted by Crippen LogP contribution is -2.47. The molecule has 0 spiro atoms. The number of carbonyl (C=O) groups is 1. The Morgan fingerprint density at radius 1 is 1.05 bits per heavy atom. The van der Waals surface area contributed by atoms with Crippen LogP contribution in [0.15, 0.2) is 77.4 Å². The Hall–Kier alpha value is -3.62. The van der Waals surface area contributed by atoms with Crippen molar-refractivity contribution >= 4 is 35.6 Å². The summed E-state index contributed by atoms with van der Waals surface area (Å²) in [5.41, 5.74) is 2.16. The van der Waals surface area contributed by atoms with E-state index in [2.05, 4.69) is 31.3 Å². The average Bonchev–Trinajstić information content (AvgIpc) is 2.93. The average molecular weight is 504 g/mol. The Bertz CT molecular complexity index is 1080. The van der Waals surface area contributed by atoms with Crippen LogP contribution in [0.3, 0.4) is 0 Å². The molecular formula is C29H37N5O3. The zero-order valence-corrected chi connectivity index (χ0v) is 21.3. The highest BCUT2D eigenvalue weighted by molar-refractivity contribution is 5.79. The number of benzene rings is 1. The topological polar surface area (TPSA) is 102 Å². The Morgan fingerprint density at radius 3 is 2.62 bits per heavy atom. The molecule has 0 aliphatic carbocycles. The lowest BCUT2D eigenvalue weighted by molar-refractivity contribution is -0.137. The number of aliphatic hydroxyl groups excluding tert-OH is 1. The van der Waals surface area contributed by atoms with E-state index >= 15 is 0 Å². The van der Waals surface area contributed by atoms with Crippen LogP contribution in [0.25, 0.3) is 0 Å². The fraction of sp³-hybridized carbons (Fsp3) is 0.379. The second-order valence-corrected chi connectivity index (χ2v) is 8.86. The van der Waals surface area contributed by atoms with Crippen LogP contribution < -0.4 is 4.90 Å².